The second kappa shape index (κ2) is 12.6. The average molecular weight is 549 g/mol. The van der Waals surface area contributed by atoms with Gasteiger partial charge in [0.25, 0.3) is 0 Å². The van der Waals surface area contributed by atoms with Gasteiger partial charge in [0.1, 0.15) is 6.10 Å². The third-order valence-electron chi connectivity index (χ3n) is 8.24. The molecule has 1 aromatic carbocycles. The molecule has 0 amide bonds. The minimum absolute atomic E-state index is 0.000787. The van der Waals surface area contributed by atoms with Gasteiger partial charge >= 0.3 is 11.9 Å². The summed E-state index contributed by atoms with van der Waals surface area (Å²) < 4.78 is 12.0. The molecule has 0 radical (unpaired) electrons. The Hall–Kier alpha value is -2.70. The predicted octanol–water partition coefficient (Wildman–Crippen LogP) is 0.974. The summed E-state index contributed by atoms with van der Waals surface area (Å²) in [7, 11) is 1.71. The molecule has 11 heteroatoms. The lowest BCUT2D eigenvalue weighted by molar-refractivity contribution is -0.165. The number of benzene rings is 1. The summed E-state index contributed by atoms with van der Waals surface area (Å²) in [4.78, 5) is 24.8. The van der Waals surface area contributed by atoms with Crippen LogP contribution in [0.2, 0.25) is 0 Å². The fourth-order valence-corrected chi connectivity index (χ4v) is 6.16. The first kappa shape index (κ1) is 29.3. The largest absolute Gasteiger partial charge is 0.493 e. The third-order valence-corrected chi connectivity index (χ3v) is 8.24. The molecular formula is C28H40N2O9. The number of rotatable bonds is 8. The van der Waals surface area contributed by atoms with E-state index in [2.05, 4.69) is 28.0 Å². The van der Waals surface area contributed by atoms with Crippen molar-refractivity contribution in [3.05, 3.63) is 35.4 Å². The van der Waals surface area contributed by atoms with Crippen molar-refractivity contribution in [2.24, 2.45) is 0 Å². The van der Waals surface area contributed by atoms with Crippen molar-refractivity contribution in [1.82, 2.24) is 9.80 Å². The smallest absolute Gasteiger partial charge is 0.335 e. The summed E-state index contributed by atoms with van der Waals surface area (Å²) in [6.07, 6.45) is 6.32. The van der Waals surface area contributed by atoms with Crippen LogP contribution in [0.15, 0.2) is 24.3 Å². The van der Waals surface area contributed by atoms with Crippen molar-refractivity contribution in [3.8, 4) is 11.5 Å². The predicted molar refractivity (Wildman–Crippen MR) is 141 cm³/mol. The van der Waals surface area contributed by atoms with Gasteiger partial charge in [-0.1, -0.05) is 24.6 Å². The molecule has 0 aromatic heterocycles. The van der Waals surface area contributed by atoms with Crippen LogP contribution < -0.4 is 9.47 Å². The number of aliphatic hydroxyl groups excluding tert-OH is 3. The minimum Gasteiger partial charge on any atom is -0.493 e. The molecule has 4 aliphatic rings. The molecule has 3 aliphatic heterocycles. The van der Waals surface area contributed by atoms with Gasteiger partial charge in [0.15, 0.2) is 23.7 Å². The number of carbonyl (C=O) groups is 2. The van der Waals surface area contributed by atoms with Crippen LogP contribution in [0.1, 0.15) is 49.7 Å². The standard InChI is InChI=1S/C24H34N2O3.C4H6O6/c1-28-20-7-6-18-17-26(14-5-13-25-11-3-2-4-12-25)15-10-24-9-8-19(27)16-21(24)29-23(20)22(18)24;5-1(3(7)8)2(6)4(9)10/h6-9,19,21,27H,2-5,10-17H2,1H3;1-2,5-6H,(H,7,8)(H,9,10)/t19?,21-,24?;/m1./s1. The quantitative estimate of drug-likeness (QED) is 0.295. The lowest BCUT2D eigenvalue weighted by Gasteiger charge is -2.36. The molecule has 0 bridgehead atoms. The maximum atomic E-state index is 10.2. The number of hydrogen-bond acceptors (Lipinski definition) is 9. The molecule has 4 unspecified atom stereocenters. The monoisotopic (exact) mass is 548 g/mol. The van der Waals surface area contributed by atoms with E-state index in [4.69, 9.17) is 29.9 Å². The van der Waals surface area contributed by atoms with Gasteiger partial charge < -0.3 is 39.9 Å². The Labute approximate surface area is 228 Å². The van der Waals surface area contributed by atoms with Gasteiger partial charge in [0, 0.05) is 18.5 Å². The lowest BCUT2D eigenvalue weighted by Crippen LogP contribution is -2.43. The van der Waals surface area contributed by atoms with Crippen LogP contribution in [0.4, 0.5) is 0 Å². The Morgan fingerprint density at radius 2 is 1.72 bits per heavy atom. The summed E-state index contributed by atoms with van der Waals surface area (Å²) in [6.45, 7) is 6.96. The van der Waals surface area contributed by atoms with Crippen molar-refractivity contribution in [1.29, 1.82) is 0 Å². The average Bonchev–Trinajstić information content (AvgIpc) is 3.17. The van der Waals surface area contributed by atoms with Gasteiger partial charge in [0.2, 0.25) is 0 Å². The highest BCUT2D eigenvalue weighted by Crippen LogP contribution is 2.55. The normalized spacial score (nSPS) is 27.6. The Bertz CT molecular complexity index is 1040. The Kier molecular flexibility index (Phi) is 9.50. The number of carboxylic acid groups (broad SMARTS) is 2. The highest BCUT2D eigenvalue weighted by Gasteiger charge is 2.52. The van der Waals surface area contributed by atoms with Gasteiger partial charge in [-0.2, -0.15) is 0 Å². The minimum atomic E-state index is -2.27. The van der Waals surface area contributed by atoms with E-state index in [1.165, 1.54) is 56.4 Å². The van der Waals surface area contributed by atoms with Crippen LogP contribution in [0.3, 0.4) is 0 Å². The van der Waals surface area contributed by atoms with Gasteiger partial charge in [-0.25, -0.2) is 9.59 Å². The van der Waals surface area contributed by atoms with Crippen LogP contribution >= 0.6 is 0 Å². The molecule has 1 fully saturated rings. The lowest BCUT2D eigenvalue weighted by atomic mass is 9.69. The molecular weight excluding hydrogens is 508 g/mol. The first-order chi connectivity index (χ1) is 18.7. The number of methoxy groups -OCH3 is 1. The second-order valence-corrected chi connectivity index (χ2v) is 10.8. The van der Waals surface area contributed by atoms with Crippen LogP contribution in [-0.2, 0) is 21.5 Å². The summed E-state index contributed by atoms with van der Waals surface area (Å²) in [5.41, 5.74) is 2.54. The number of ether oxygens (including phenoxy) is 2. The van der Waals surface area contributed by atoms with E-state index in [1.54, 1.807) is 7.11 Å². The van der Waals surface area contributed by atoms with Crippen LogP contribution in [-0.4, -0.2) is 112 Å². The van der Waals surface area contributed by atoms with E-state index in [0.29, 0.717) is 6.42 Å². The van der Waals surface area contributed by atoms with Gasteiger partial charge in [0.05, 0.1) is 18.6 Å². The molecule has 5 atom stereocenters. The van der Waals surface area contributed by atoms with E-state index in [1.807, 2.05) is 6.08 Å². The van der Waals surface area contributed by atoms with Crippen molar-refractivity contribution >= 4 is 11.9 Å². The van der Waals surface area contributed by atoms with Crippen molar-refractivity contribution in [2.45, 2.75) is 74.9 Å². The molecule has 1 aliphatic carbocycles. The van der Waals surface area contributed by atoms with E-state index in [0.717, 1.165) is 37.6 Å². The zero-order valence-corrected chi connectivity index (χ0v) is 22.4. The zero-order valence-electron chi connectivity index (χ0n) is 22.4. The van der Waals surface area contributed by atoms with Crippen molar-refractivity contribution in [2.75, 3.05) is 39.8 Å². The number of hydrogen-bond donors (Lipinski definition) is 5. The number of carboxylic acids is 2. The van der Waals surface area contributed by atoms with E-state index in [9.17, 15) is 14.7 Å². The van der Waals surface area contributed by atoms with E-state index in [-0.39, 0.29) is 11.5 Å². The SMILES string of the molecule is COc1ccc2c3c1O[C@@H]1CC(O)C=CC31CCN(CCCN1CCCCC1)C2.O=C(O)C(O)C(O)C(=O)O. The van der Waals surface area contributed by atoms with Crippen molar-refractivity contribution in [3.63, 3.8) is 0 Å². The summed E-state index contributed by atoms with van der Waals surface area (Å²) in [5, 5.41) is 42.7. The van der Waals surface area contributed by atoms with Crippen LogP contribution in [0.5, 0.6) is 11.5 Å². The Morgan fingerprint density at radius 3 is 2.36 bits per heavy atom. The topological polar surface area (TPSA) is 160 Å². The fraction of sp³-hybridized carbons (Fsp3) is 0.643. The molecule has 1 saturated heterocycles. The molecule has 0 saturated carbocycles. The number of aliphatic carboxylic acids is 2. The Balaban J connectivity index is 0.000000303. The van der Waals surface area contributed by atoms with E-state index < -0.39 is 30.3 Å². The van der Waals surface area contributed by atoms with E-state index >= 15 is 0 Å². The highest BCUT2D eigenvalue weighted by molar-refractivity contribution is 5.83. The van der Waals surface area contributed by atoms with Crippen LogP contribution in [0, 0.1) is 0 Å². The maximum absolute atomic E-state index is 10.2. The summed E-state index contributed by atoms with van der Waals surface area (Å²) in [6, 6.07) is 4.28. The number of likely N-dealkylation sites (tertiary alicyclic amines) is 1. The van der Waals surface area contributed by atoms with Gasteiger partial charge in [-0.05, 0) is 70.0 Å². The zero-order chi connectivity index (χ0) is 28.2. The Morgan fingerprint density at radius 1 is 1.05 bits per heavy atom. The number of piperidine rings is 1. The highest BCUT2D eigenvalue weighted by atomic mass is 16.5. The molecule has 1 spiro atoms. The molecule has 5 N–H and O–H groups in total. The fourth-order valence-electron chi connectivity index (χ4n) is 6.16. The molecule has 39 heavy (non-hydrogen) atoms. The molecule has 1 aromatic rings. The molecule has 5 rings (SSSR count). The first-order valence-electron chi connectivity index (χ1n) is 13.7. The van der Waals surface area contributed by atoms with Crippen molar-refractivity contribution < 1.29 is 44.6 Å². The molecule has 3 heterocycles. The molecule has 216 valence electrons. The molecule has 11 nitrogen and oxygen atoms in total. The summed E-state index contributed by atoms with van der Waals surface area (Å²) in [5.74, 6) is -1.81. The van der Waals surface area contributed by atoms with Gasteiger partial charge in [-0.15, -0.1) is 0 Å². The number of aliphatic hydroxyl groups is 3. The first-order valence-corrected chi connectivity index (χ1v) is 13.7. The maximum Gasteiger partial charge on any atom is 0.335 e. The van der Waals surface area contributed by atoms with Gasteiger partial charge in [-0.3, -0.25) is 4.90 Å². The van der Waals surface area contributed by atoms with Crippen LogP contribution in [0.25, 0.3) is 0 Å². The summed E-state index contributed by atoms with van der Waals surface area (Å²) >= 11 is 0. The third kappa shape index (κ3) is 6.38. The number of nitrogens with zero attached hydrogens (tertiary/aromatic N) is 2. The second-order valence-electron chi connectivity index (χ2n) is 10.8.